The third-order valence-electron chi connectivity index (χ3n) is 4.27. The van der Waals surface area contributed by atoms with Gasteiger partial charge in [0.2, 0.25) is 0 Å². The van der Waals surface area contributed by atoms with Gasteiger partial charge >= 0.3 is 0 Å². The lowest BCUT2D eigenvalue weighted by Crippen LogP contribution is -2.44. The number of aromatic nitrogens is 2. The van der Waals surface area contributed by atoms with Crippen molar-refractivity contribution >= 4 is 21.5 Å². The molecule has 1 aromatic carbocycles. The number of sulfonamides is 1. The second-order valence-corrected chi connectivity index (χ2v) is 7.63. The summed E-state index contributed by atoms with van der Waals surface area (Å²) in [7, 11) is -2.62. The summed E-state index contributed by atoms with van der Waals surface area (Å²) < 4.78 is 55.8. The van der Waals surface area contributed by atoms with Crippen molar-refractivity contribution in [3.63, 3.8) is 0 Å². The van der Waals surface area contributed by atoms with E-state index in [0.29, 0.717) is 18.8 Å². The molecule has 0 radical (unpaired) electrons. The van der Waals surface area contributed by atoms with E-state index in [1.54, 1.807) is 0 Å². The summed E-state index contributed by atoms with van der Waals surface area (Å²) in [6, 6.07) is 3.61. The number of benzene rings is 1. The fourth-order valence-corrected chi connectivity index (χ4v) is 4.10. The Morgan fingerprint density at radius 1 is 1.27 bits per heavy atom. The summed E-state index contributed by atoms with van der Waals surface area (Å²) in [4.78, 5) is 8.16. The van der Waals surface area contributed by atoms with Crippen molar-refractivity contribution in [2.45, 2.75) is 23.8 Å². The van der Waals surface area contributed by atoms with Gasteiger partial charge in [-0.1, -0.05) is 0 Å². The fourth-order valence-electron chi connectivity index (χ4n) is 2.97. The van der Waals surface area contributed by atoms with Crippen molar-refractivity contribution in [3.05, 3.63) is 42.4 Å². The first-order chi connectivity index (χ1) is 12.4. The molecule has 0 amide bonds. The van der Waals surface area contributed by atoms with Gasteiger partial charge in [-0.2, -0.15) is 0 Å². The lowest BCUT2D eigenvalue weighted by atomic mass is 10.1. The first kappa shape index (κ1) is 18.5. The highest BCUT2D eigenvalue weighted by molar-refractivity contribution is 7.92. The molecule has 1 aliphatic heterocycles. The minimum absolute atomic E-state index is 0.0734. The van der Waals surface area contributed by atoms with E-state index in [2.05, 4.69) is 15.3 Å². The second-order valence-electron chi connectivity index (χ2n) is 6.01. The molecule has 2 heterocycles. The van der Waals surface area contributed by atoms with Crippen molar-refractivity contribution in [2.24, 2.45) is 0 Å². The van der Waals surface area contributed by atoms with Crippen LogP contribution in [0, 0.1) is 11.6 Å². The van der Waals surface area contributed by atoms with Gasteiger partial charge in [0, 0.05) is 31.0 Å². The van der Waals surface area contributed by atoms with Gasteiger partial charge in [-0.05, 0) is 38.1 Å². The molecule has 26 heavy (non-hydrogen) atoms. The molecule has 10 heteroatoms. The summed E-state index contributed by atoms with van der Waals surface area (Å²) in [5, 5.41) is 3.15. The normalized spacial score (nSPS) is 18.0. The molecular formula is C16H19F2N5O2S. The van der Waals surface area contributed by atoms with E-state index in [1.165, 1.54) is 12.3 Å². The number of likely N-dealkylation sites (N-methyl/N-ethyl adjacent to an activating group) is 1. The molecule has 1 atom stereocenters. The molecule has 1 aromatic heterocycles. The van der Waals surface area contributed by atoms with E-state index in [0.717, 1.165) is 31.3 Å². The predicted molar refractivity (Wildman–Crippen MR) is 93.5 cm³/mol. The summed E-state index contributed by atoms with van der Waals surface area (Å²) in [5.74, 6) is -2.36. The molecule has 2 N–H and O–H groups in total. The zero-order chi connectivity index (χ0) is 18.7. The first-order valence-electron chi connectivity index (χ1n) is 8.11. The molecule has 3 rings (SSSR count). The fraction of sp³-hybridized carbons (Fsp3) is 0.375. The van der Waals surface area contributed by atoms with E-state index < -0.39 is 26.6 Å². The van der Waals surface area contributed by atoms with Gasteiger partial charge in [0.25, 0.3) is 10.0 Å². The van der Waals surface area contributed by atoms with Crippen molar-refractivity contribution in [1.82, 2.24) is 15.3 Å². The van der Waals surface area contributed by atoms with Crippen LogP contribution in [0.4, 0.5) is 20.3 Å². The van der Waals surface area contributed by atoms with E-state index >= 15 is 0 Å². The Morgan fingerprint density at radius 2 is 2.00 bits per heavy atom. The lowest BCUT2D eigenvalue weighted by Gasteiger charge is -2.34. The maximum Gasteiger partial charge on any atom is 0.268 e. The number of halogens is 2. The van der Waals surface area contributed by atoms with Gasteiger partial charge < -0.3 is 10.2 Å². The minimum Gasteiger partial charge on any atom is -0.370 e. The average molecular weight is 383 g/mol. The van der Waals surface area contributed by atoms with Gasteiger partial charge in [0.1, 0.15) is 23.8 Å². The summed E-state index contributed by atoms with van der Waals surface area (Å²) in [6.45, 7) is 1.25. The van der Waals surface area contributed by atoms with Gasteiger partial charge in [-0.3, -0.25) is 4.72 Å². The molecule has 0 saturated carbocycles. The monoisotopic (exact) mass is 383 g/mol. The van der Waals surface area contributed by atoms with Crippen molar-refractivity contribution in [1.29, 1.82) is 0 Å². The number of hydrogen-bond donors (Lipinski definition) is 2. The molecular weight excluding hydrogens is 364 g/mol. The van der Waals surface area contributed by atoms with Crippen LogP contribution in [0.3, 0.4) is 0 Å². The van der Waals surface area contributed by atoms with E-state index in [-0.39, 0.29) is 11.9 Å². The minimum atomic E-state index is -4.46. The molecule has 0 aliphatic carbocycles. The molecule has 7 nitrogen and oxygen atoms in total. The predicted octanol–water partition coefficient (Wildman–Crippen LogP) is 1.74. The molecule has 1 saturated heterocycles. The summed E-state index contributed by atoms with van der Waals surface area (Å²) >= 11 is 0. The molecule has 1 unspecified atom stereocenters. The highest BCUT2D eigenvalue weighted by Gasteiger charge is 2.27. The highest BCUT2D eigenvalue weighted by Crippen LogP contribution is 2.28. The number of hydrogen-bond acceptors (Lipinski definition) is 6. The summed E-state index contributed by atoms with van der Waals surface area (Å²) in [5.41, 5.74) is 0.320. The van der Waals surface area contributed by atoms with Crippen LogP contribution in [-0.2, 0) is 10.0 Å². The van der Waals surface area contributed by atoms with Crippen LogP contribution in [0.1, 0.15) is 12.8 Å². The molecule has 1 fully saturated rings. The SMILES string of the molecule is CNC1CCCN(c2cc(F)c(S(=O)(=O)Nc3ccncn3)c(F)c2)C1. The van der Waals surface area contributed by atoms with E-state index in [9.17, 15) is 17.2 Å². The third-order valence-corrected chi connectivity index (χ3v) is 5.67. The Kier molecular flexibility index (Phi) is 5.33. The number of rotatable bonds is 5. The Bertz CT molecular complexity index is 856. The molecule has 2 aromatic rings. The van der Waals surface area contributed by atoms with Gasteiger partial charge in [0.05, 0.1) is 0 Å². The Labute approximate surface area is 150 Å². The topological polar surface area (TPSA) is 87.2 Å². The Balaban J connectivity index is 1.90. The van der Waals surface area contributed by atoms with Gasteiger partial charge in [0.15, 0.2) is 4.90 Å². The number of piperidine rings is 1. The maximum absolute atomic E-state index is 14.5. The first-order valence-corrected chi connectivity index (χ1v) is 9.59. The lowest BCUT2D eigenvalue weighted by molar-refractivity contribution is 0.447. The van der Waals surface area contributed by atoms with Crippen LogP contribution in [0.25, 0.3) is 0 Å². The molecule has 0 spiro atoms. The maximum atomic E-state index is 14.5. The van der Waals surface area contributed by atoms with Crippen LogP contribution < -0.4 is 14.9 Å². The average Bonchev–Trinajstić information content (AvgIpc) is 2.61. The Morgan fingerprint density at radius 3 is 2.62 bits per heavy atom. The summed E-state index contributed by atoms with van der Waals surface area (Å²) in [6.07, 6.45) is 4.30. The second kappa shape index (κ2) is 7.50. The quantitative estimate of drug-likeness (QED) is 0.818. The zero-order valence-corrected chi connectivity index (χ0v) is 14.9. The third kappa shape index (κ3) is 3.91. The van der Waals surface area contributed by atoms with Crippen LogP contribution in [0.15, 0.2) is 35.6 Å². The van der Waals surface area contributed by atoms with Crippen LogP contribution in [0.2, 0.25) is 0 Å². The van der Waals surface area contributed by atoms with Crippen molar-refractivity contribution < 1.29 is 17.2 Å². The molecule has 1 aliphatic rings. The van der Waals surface area contributed by atoms with E-state index in [1.807, 2.05) is 16.7 Å². The molecule has 0 bridgehead atoms. The molecule has 140 valence electrons. The van der Waals surface area contributed by atoms with Gasteiger partial charge in [-0.25, -0.2) is 27.2 Å². The number of anilines is 2. The van der Waals surface area contributed by atoms with Crippen LogP contribution in [0.5, 0.6) is 0 Å². The standard InChI is InChI=1S/C16H19F2N5O2S/c1-19-11-3-2-6-23(9-11)12-7-13(17)16(14(18)8-12)26(24,25)22-15-4-5-20-10-21-15/h4-5,7-8,10-11,19H,2-3,6,9H2,1H3,(H,20,21,22). The van der Waals surface area contributed by atoms with E-state index in [4.69, 9.17) is 0 Å². The van der Waals surface area contributed by atoms with Crippen molar-refractivity contribution in [2.75, 3.05) is 29.8 Å². The smallest absolute Gasteiger partial charge is 0.268 e. The zero-order valence-electron chi connectivity index (χ0n) is 14.1. The number of nitrogens with one attached hydrogen (secondary N) is 2. The van der Waals surface area contributed by atoms with Crippen LogP contribution in [-0.4, -0.2) is 44.6 Å². The largest absolute Gasteiger partial charge is 0.370 e. The Hall–Kier alpha value is -2.33. The number of nitrogens with zero attached hydrogens (tertiary/aromatic N) is 3. The van der Waals surface area contributed by atoms with Crippen molar-refractivity contribution in [3.8, 4) is 0 Å². The highest BCUT2D eigenvalue weighted by atomic mass is 32.2. The van der Waals surface area contributed by atoms with Crippen LogP contribution >= 0.6 is 0 Å². The van der Waals surface area contributed by atoms with Gasteiger partial charge in [-0.15, -0.1) is 0 Å².